The Morgan fingerprint density at radius 1 is 1.09 bits per heavy atom. The van der Waals surface area contributed by atoms with Crippen LogP contribution < -0.4 is 11.0 Å². The van der Waals surface area contributed by atoms with Gasteiger partial charge in [0.1, 0.15) is 0 Å². The monoisotopic (exact) mass is 435 g/mol. The van der Waals surface area contributed by atoms with Crippen molar-refractivity contribution in [1.82, 2.24) is 15.2 Å². The molecule has 3 rings (SSSR count). The Balaban J connectivity index is 1.83. The summed E-state index contributed by atoms with van der Waals surface area (Å²) in [6.07, 6.45) is 0. The van der Waals surface area contributed by atoms with Crippen molar-refractivity contribution in [1.29, 1.82) is 0 Å². The van der Waals surface area contributed by atoms with E-state index in [9.17, 15) is 19.7 Å². The van der Waals surface area contributed by atoms with Gasteiger partial charge < -0.3 is 0 Å². The zero-order valence-corrected chi connectivity index (χ0v) is 18.6. The van der Waals surface area contributed by atoms with Gasteiger partial charge in [0.15, 0.2) is 0 Å². The van der Waals surface area contributed by atoms with Crippen LogP contribution >= 0.6 is 0 Å². The number of benzene rings is 2. The SMILES string of the molecule is C/C(=N/NC(=O)c1ccc([N+](=O)[O-])cc1)c1c(C)[nH]n(-c2ccc(C(C)(C)C)cc2)c1=O. The van der Waals surface area contributed by atoms with E-state index in [1.807, 2.05) is 24.3 Å². The molecule has 0 unspecified atom stereocenters. The summed E-state index contributed by atoms with van der Waals surface area (Å²) < 4.78 is 1.44. The van der Waals surface area contributed by atoms with Gasteiger partial charge in [0.05, 0.1) is 21.9 Å². The molecule has 0 fully saturated rings. The Labute approximate surface area is 184 Å². The number of hydrogen-bond acceptors (Lipinski definition) is 5. The topological polar surface area (TPSA) is 122 Å². The minimum absolute atomic E-state index is 0.00539. The molecule has 166 valence electrons. The number of aryl methyl sites for hydroxylation is 1. The molecule has 0 saturated carbocycles. The summed E-state index contributed by atoms with van der Waals surface area (Å²) in [6.45, 7) is 9.75. The maximum Gasteiger partial charge on any atom is 0.280 e. The number of non-ortho nitro benzene ring substituents is 1. The predicted octanol–water partition coefficient (Wildman–Crippen LogP) is 3.83. The lowest BCUT2D eigenvalue weighted by Gasteiger charge is -2.19. The van der Waals surface area contributed by atoms with Gasteiger partial charge in [0, 0.05) is 23.4 Å². The quantitative estimate of drug-likeness (QED) is 0.359. The standard InChI is InChI=1S/C23H25N5O4/c1-14(24-25-21(29)16-6-10-19(11-7-16)28(31)32)20-15(2)26-27(22(20)30)18-12-8-17(9-13-18)23(3,4)5/h6-13,26H,1-5H3,(H,25,29)/b24-14-. The number of H-pyrrole nitrogens is 1. The molecular weight excluding hydrogens is 410 g/mol. The van der Waals surface area contributed by atoms with E-state index in [2.05, 4.69) is 36.4 Å². The highest BCUT2D eigenvalue weighted by atomic mass is 16.6. The molecule has 2 N–H and O–H groups in total. The maximum atomic E-state index is 13.0. The average molecular weight is 435 g/mol. The summed E-state index contributed by atoms with van der Waals surface area (Å²) in [6, 6.07) is 12.9. The van der Waals surface area contributed by atoms with E-state index in [4.69, 9.17) is 0 Å². The fourth-order valence-corrected chi connectivity index (χ4v) is 3.25. The minimum Gasteiger partial charge on any atom is -0.295 e. The number of rotatable bonds is 5. The first-order valence-electron chi connectivity index (χ1n) is 10.0. The van der Waals surface area contributed by atoms with Crippen LogP contribution in [0.15, 0.2) is 58.4 Å². The highest BCUT2D eigenvalue weighted by molar-refractivity contribution is 6.01. The molecule has 0 aliphatic heterocycles. The molecule has 32 heavy (non-hydrogen) atoms. The molecule has 0 aliphatic carbocycles. The molecule has 1 aromatic heterocycles. The number of hydrogen-bond donors (Lipinski definition) is 2. The van der Waals surface area contributed by atoms with Crippen LogP contribution in [-0.4, -0.2) is 26.3 Å². The number of carbonyl (C=O) groups excluding carboxylic acids is 1. The Bertz CT molecular complexity index is 1240. The number of hydrazone groups is 1. The largest absolute Gasteiger partial charge is 0.295 e. The van der Waals surface area contributed by atoms with E-state index < -0.39 is 10.8 Å². The molecular formula is C23H25N5O4. The molecule has 2 aromatic carbocycles. The van der Waals surface area contributed by atoms with Crippen molar-refractivity contribution in [2.45, 2.75) is 40.0 Å². The van der Waals surface area contributed by atoms with Crippen molar-refractivity contribution in [2.24, 2.45) is 5.10 Å². The van der Waals surface area contributed by atoms with E-state index >= 15 is 0 Å². The van der Waals surface area contributed by atoms with Gasteiger partial charge in [0.25, 0.3) is 17.2 Å². The average Bonchev–Trinajstić information content (AvgIpc) is 3.05. The van der Waals surface area contributed by atoms with Crippen LogP contribution in [0.3, 0.4) is 0 Å². The smallest absolute Gasteiger partial charge is 0.280 e. The Morgan fingerprint density at radius 2 is 1.69 bits per heavy atom. The fourth-order valence-electron chi connectivity index (χ4n) is 3.25. The third-order valence-electron chi connectivity index (χ3n) is 5.09. The van der Waals surface area contributed by atoms with Crippen molar-refractivity contribution in [2.75, 3.05) is 0 Å². The van der Waals surface area contributed by atoms with Crippen LogP contribution in [0.5, 0.6) is 0 Å². The molecule has 1 heterocycles. The van der Waals surface area contributed by atoms with Gasteiger partial charge in [-0.15, -0.1) is 0 Å². The van der Waals surface area contributed by atoms with Gasteiger partial charge >= 0.3 is 0 Å². The molecule has 9 heteroatoms. The Kier molecular flexibility index (Phi) is 6.11. The van der Waals surface area contributed by atoms with E-state index in [1.54, 1.807) is 13.8 Å². The molecule has 9 nitrogen and oxygen atoms in total. The lowest BCUT2D eigenvalue weighted by atomic mass is 9.87. The van der Waals surface area contributed by atoms with Crippen LogP contribution in [0, 0.1) is 17.0 Å². The summed E-state index contributed by atoms with van der Waals surface area (Å²) >= 11 is 0. The summed E-state index contributed by atoms with van der Waals surface area (Å²) in [7, 11) is 0. The Hall–Kier alpha value is -4.01. The molecule has 0 bridgehead atoms. The minimum atomic E-state index is -0.541. The van der Waals surface area contributed by atoms with Crippen LogP contribution in [0.1, 0.15) is 54.9 Å². The normalized spacial score (nSPS) is 12.0. The van der Waals surface area contributed by atoms with Gasteiger partial charge in [-0.3, -0.25) is 24.8 Å². The van der Waals surface area contributed by atoms with Crippen LogP contribution in [0.4, 0.5) is 5.69 Å². The third-order valence-corrected chi connectivity index (χ3v) is 5.09. The second kappa shape index (κ2) is 8.62. The molecule has 0 spiro atoms. The number of amides is 1. The number of nitrogens with one attached hydrogen (secondary N) is 2. The molecule has 3 aromatic rings. The van der Waals surface area contributed by atoms with E-state index in [1.165, 1.54) is 28.9 Å². The summed E-state index contributed by atoms with van der Waals surface area (Å²) in [5, 5.41) is 17.8. The summed E-state index contributed by atoms with van der Waals surface area (Å²) in [5.74, 6) is -0.537. The molecule has 0 radical (unpaired) electrons. The van der Waals surface area contributed by atoms with Crippen LogP contribution in [0.25, 0.3) is 5.69 Å². The van der Waals surface area contributed by atoms with E-state index in [-0.39, 0.29) is 22.2 Å². The van der Waals surface area contributed by atoms with Gasteiger partial charge in [0.2, 0.25) is 0 Å². The van der Waals surface area contributed by atoms with Gasteiger partial charge in [-0.05, 0) is 49.1 Å². The van der Waals surface area contributed by atoms with Crippen molar-refractivity contribution in [3.8, 4) is 5.69 Å². The van der Waals surface area contributed by atoms with Crippen molar-refractivity contribution in [3.05, 3.63) is 91.4 Å². The van der Waals surface area contributed by atoms with Crippen molar-refractivity contribution < 1.29 is 9.72 Å². The van der Waals surface area contributed by atoms with E-state index in [0.29, 0.717) is 22.7 Å². The van der Waals surface area contributed by atoms with Crippen LogP contribution in [-0.2, 0) is 5.41 Å². The predicted molar refractivity (Wildman–Crippen MR) is 123 cm³/mol. The zero-order chi connectivity index (χ0) is 23.6. The maximum absolute atomic E-state index is 13.0. The Morgan fingerprint density at radius 3 is 2.22 bits per heavy atom. The van der Waals surface area contributed by atoms with E-state index in [0.717, 1.165) is 5.56 Å². The highest BCUT2D eigenvalue weighted by Crippen LogP contribution is 2.23. The third kappa shape index (κ3) is 4.66. The number of nitrogens with zero attached hydrogens (tertiary/aromatic N) is 3. The second-order valence-corrected chi connectivity index (χ2v) is 8.49. The first kappa shape index (κ1) is 22.7. The van der Waals surface area contributed by atoms with Gasteiger partial charge in [-0.2, -0.15) is 5.10 Å². The first-order valence-corrected chi connectivity index (χ1v) is 10.0. The fraction of sp³-hybridized carbons (Fsp3) is 0.261. The van der Waals surface area contributed by atoms with Crippen molar-refractivity contribution >= 4 is 17.3 Å². The number of aromatic nitrogens is 2. The lowest BCUT2D eigenvalue weighted by Crippen LogP contribution is -2.23. The van der Waals surface area contributed by atoms with Crippen LogP contribution in [0.2, 0.25) is 0 Å². The second-order valence-electron chi connectivity index (χ2n) is 8.49. The highest BCUT2D eigenvalue weighted by Gasteiger charge is 2.17. The molecule has 0 aliphatic rings. The van der Waals surface area contributed by atoms with Gasteiger partial charge in [-0.25, -0.2) is 10.1 Å². The summed E-state index contributed by atoms with van der Waals surface area (Å²) in [4.78, 5) is 35.5. The number of nitro groups is 1. The lowest BCUT2D eigenvalue weighted by molar-refractivity contribution is -0.384. The molecule has 1 amide bonds. The number of nitro benzene ring substituents is 1. The number of carbonyl (C=O) groups is 1. The first-order chi connectivity index (χ1) is 15.0. The zero-order valence-electron chi connectivity index (χ0n) is 18.6. The van der Waals surface area contributed by atoms with Gasteiger partial charge in [-0.1, -0.05) is 32.9 Å². The van der Waals surface area contributed by atoms with Crippen molar-refractivity contribution in [3.63, 3.8) is 0 Å². The summed E-state index contributed by atoms with van der Waals surface area (Å²) in [5.41, 5.74) is 5.38. The molecule has 0 atom stereocenters. The number of aromatic amines is 1. The molecule has 0 saturated heterocycles.